The molecule has 0 aliphatic carbocycles. The van der Waals surface area contributed by atoms with Crippen LogP contribution in [-0.4, -0.2) is 35.1 Å². The van der Waals surface area contributed by atoms with Crippen LogP contribution in [0.2, 0.25) is 0 Å². The maximum atomic E-state index is 13.5. The summed E-state index contributed by atoms with van der Waals surface area (Å²) in [5.74, 6) is -1.79. The Morgan fingerprint density at radius 3 is 2.90 bits per heavy atom. The van der Waals surface area contributed by atoms with E-state index in [-0.39, 0.29) is 19.1 Å². The molecule has 20 heavy (non-hydrogen) atoms. The molecule has 2 rings (SSSR count). The summed E-state index contributed by atoms with van der Waals surface area (Å²) in [6.07, 6.45) is 0.452. The van der Waals surface area contributed by atoms with E-state index in [4.69, 9.17) is 5.11 Å². The van der Waals surface area contributed by atoms with Gasteiger partial charge < -0.3 is 15.3 Å². The van der Waals surface area contributed by atoms with E-state index in [1.165, 1.54) is 11.0 Å². The number of carbonyl (C=O) groups excluding carboxylic acids is 1. The monoisotopic (exact) mass is 344 g/mol. The first-order valence-electron chi connectivity index (χ1n) is 6.17. The average molecular weight is 345 g/mol. The van der Waals surface area contributed by atoms with E-state index in [0.717, 1.165) is 4.47 Å². The Morgan fingerprint density at radius 2 is 2.25 bits per heavy atom. The van der Waals surface area contributed by atoms with Gasteiger partial charge in [-0.25, -0.2) is 9.18 Å². The number of carbonyl (C=O) groups is 2. The van der Waals surface area contributed by atoms with Crippen molar-refractivity contribution in [2.45, 2.75) is 13.0 Å². The molecule has 1 atom stereocenters. The number of likely N-dealkylation sites (tertiary alicyclic amines) is 1. The molecule has 2 amide bonds. The van der Waals surface area contributed by atoms with Crippen molar-refractivity contribution in [2.24, 2.45) is 5.92 Å². The van der Waals surface area contributed by atoms with Crippen molar-refractivity contribution in [2.75, 3.05) is 13.1 Å². The number of nitrogens with zero attached hydrogens (tertiary/aromatic N) is 1. The number of hydrogen-bond donors (Lipinski definition) is 2. The average Bonchev–Trinajstić information content (AvgIpc) is 2.89. The number of urea groups is 1. The number of hydrogen-bond acceptors (Lipinski definition) is 2. The molecule has 2 N–H and O–H groups in total. The van der Waals surface area contributed by atoms with Crippen molar-refractivity contribution in [3.8, 4) is 0 Å². The molecule has 1 saturated heterocycles. The highest BCUT2D eigenvalue weighted by Gasteiger charge is 2.30. The van der Waals surface area contributed by atoms with Crippen molar-refractivity contribution >= 4 is 27.9 Å². The van der Waals surface area contributed by atoms with Crippen LogP contribution < -0.4 is 5.32 Å². The van der Waals surface area contributed by atoms with E-state index in [1.807, 2.05) is 0 Å². The van der Waals surface area contributed by atoms with Crippen LogP contribution in [0.3, 0.4) is 0 Å². The van der Waals surface area contributed by atoms with Crippen LogP contribution in [-0.2, 0) is 11.3 Å². The molecule has 1 aromatic carbocycles. The van der Waals surface area contributed by atoms with Gasteiger partial charge in [-0.05, 0) is 24.6 Å². The molecule has 7 heteroatoms. The lowest BCUT2D eigenvalue weighted by molar-refractivity contribution is -0.141. The number of aliphatic carboxylic acids is 1. The third-order valence-corrected chi connectivity index (χ3v) is 3.76. The van der Waals surface area contributed by atoms with Crippen molar-refractivity contribution in [3.63, 3.8) is 0 Å². The van der Waals surface area contributed by atoms with Crippen LogP contribution in [0, 0.1) is 11.7 Å². The molecule has 0 bridgehead atoms. The molecule has 1 heterocycles. The lowest BCUT2D eigenvalue weighted by Gasteiger charge is -2.17. The number of halogens is 2. The Labute approximate surface area is 123 Å². The molecule has 0 spiro atoms. The van der Waals surface area contributed by atoms with Crippen molar-refractivity contribution in [1.29, 1.82) is 0 Å². The van der Waals surface area contributed by atoms with Crippen LogP contribution in [0.5, 0.6) is 0 Å². The lowest BCUT2D eigenvalue weighted by atomic mass is 10.1. The molecule has 1 fully saturated rings. The summed E-state index contributed by atoms with van der Waals surface area (Å²) in [5, 5.41) is 11.5. The van der Waals surface area contributed by atoms with Gasteiger partial charge in [0.15, 0.2) is 0 Å². The van der Waals surface area contributed by atoms with E-state index in [2.05, 4.69) is 21.2 Å². The summed E-state index contributed by atoms with van der Waals surface area (Å²) in [7, 11) is 0. The Bertz CT molecular complexity index is 538. The molecule has 1 aliphatic rings. The van der Waals surface area contributed by atoms with Gasteiger partial charge in [0, 0.05) is 29.7 Å². The van der Waals surface area contributed by atoms with Crippen LogP contribution in [0.15, 0.2) is 22.7 Å². The molecule has 1 unspecified atom stereocenters. The fraction of sp³-hybridized carbons (Fsp3) is 0.385. The Hall–Kier alpha value is -1.63. The van der Waals surface area contributed by atoms with Gasteiger partial charge >= 0.3 is 12.0 Å². The number of rotatable bonds is 3. The summed E-state index contributed by atoms with van der Waals surface area (Å²) in [6, 6.07) is 4.13. The Kier molecular flexibility index (Phi) is 4.59. The molecule has 108 valence electrons. The van der Waals surface area contributed by atoms with Gasteiger partial charge in [0.2, 0.25) is 0 Å². The van der Waals surface area contributed by atoms with E-state index in [9.17, 15) is 14.0 Å². The van der Waals surface area contributed by atoms with Crippen LogP contribution in [0.25, 0.3) is 0 Å². The fourth-order valence-corrected chi connectivity index (χ4v) is 2.52. The molecule has 5 nitrogen and oxygen atoms in total. The van der Waals surface area contributed by atoms with Gasteiger partial charge in [0.05, 0.1) is 5.92 Å². The second-order valence-electron chi connectivity index (χ2n) is 4.66. The second-order valence-corrected chi connectivity index (χ2v) is 5.58. The van der Waals surface area contributed by atoms with Gasteiger partial charge in [0.25, 0.3) is 0 Å². The largest absolute Gasteiger partial charge is 0.481 e. The zero-order chi connectivity index (χ0) is 14.7. The molecular formula is C13H14BrFN2O3. The number of carboxylic acid groups (broad SMARTS) is 1. The van der Waals surface area contributed by atoms with Crippen LogP contribution in [0.4, 0.5) is 9.18 Å². The zero-order valence-electron chi connectivity index (χ0n) is 10.6. The van der Waals surface area contributed by atoms with E-state index < -0.39 is 17.7 Å². The predicted octanol–water partition coefficient (Wildman–Crippen LogP) is 2.20. The first-order valence-corrected chi connectivity index (χ1v) is 6.96. The van der Waals surface area contributed by atoms with Gasteiger partial charge in [-0.3, -0.25) is 4.79 Å². The highest BCUT2D eigenvalue weighted by atomic mass is 79.9. The standard InChI is InChI=1S/C13H14BrFN2O3/c14-10-1-2-11(15)9(5-10)6-16-13(20)17-4-3-8(7-17)12(18)19/h1-2,5,8H,3-4,6-7H2,(H,16,20)(H,18,19). The zero-order valence-corrected chi connectivity index (χ0v) is 12.2. The van der Waals surface area contributed by atoms with E-state index >= 15 is 0 Å². The van der Waals surface area contributed by atoms with Gasteiger partial charge in [-0.2, -0.15) is 0 Å². The van der Waals surface area contributed by atoms with Gasteiger partial charge in [-0.15, -0.1) is 0 Å². The SMILES string of the molecule is O=C(O)C1CCN(C(=O)NCc2cc(Br)ccc2F)C1. The van der Waals surface area contributed by atoms with Crippen molar-refractivity contribution in [1.82, 2.24) is 10.2 Å². The number of nitrogens with one attached hydrogen (secondary N) is 1. The number of carboxylic acids is 1. The Morgan fingerprint density at radius 1 is 1.50 bits per heavy atom. The third kappa shape index (κ3) is 3.47. The highest BCUT2D eigenvalue weighted by Crippen LogP contribution is 2.17. The Balaban J connectivity index is 1.90. The summed E-state index contributed by atoms with van der Waals surface area (Å²) >= 11 is 3.24. The number of amides is 2. The van der Waals surface area contributed by atoms with Gasteiger partial charge in [-0.1, -0.05) is 15.9 Å². The summed E-state index contributed by atoms with van der Waals surface area (Å²) in [6.45, 7) is 0.671. The molecule has 0 radical (unpaired) electrons. The maximum Gasteiger partial charge on any atom is 0.317 e. The highest BCUT2D eigenvalue weighted by molar-refractivity contribution is 9.10. The lowest BCUT2D eigenvalue weighted by Crippen LogP contribution is -2.38. The molecule has 1 aliphatic heterocycles. The molecule has 0 saturated carbocycles. The normalized spacial score (nSPS) is 18.1. The molecule has 0 aromatic heterocycles. The van der Waals surface area contributed by atoms with E-state index in [0.29, 0.717) is 18.5 Å². The topological polar surface area (TPSA) is 69.6 Å². The van der Waals surface area contributed by atoms with Crippen molar-refractivity contribution < 1.29 is 19.1 Å². The second kappa shape index (κ2) is 6.21. The number of benzene rings is 1. The smallest absolute Gasteiger partial charge is 0.317 e. The summed E-state index contributed by atoms with van der Waals surface area (Å²) < 4.78 is 14.2. The van der Waals surface area contributed by atoms with Crippen molar-refractivity contribution in [3.05, 3.63) is 34.1 Å². The molecular weight excluding hydrogens is 331 g/mol. The van der Waals surface area contributed by atoms with Crippen LogP contribution in [0.1, 0.15) is 12.0 Å². The predicted molar refractivity (Wildman–Crippen MR) is 73.7 cm³/mol. The minimum absolute atomic E-state index is 0.0678. The van der Waals surface area contributed by atoms with E-state index in [1.54, 1.807) is 12.1 Å². The quantitative estimate of drug-likeness (QED) is 0.883. The first kappa shape index (κ1) is 14.8. The molecule has 1 aromatic rings. The van der Waals surface area contributed by atoms with Gasteiger partial charge in [0.1, 0.15) is 5.82 Å². The maximum absolute atomic E-state index is 13.5. The minimum Gasteiger partial charge on any atom is -0.481 e. The minimum atomic E-state index is -0.890. The summed E-state index contributed by atoms with van der Waals surface area (Å²) in [4.78, 5) is 24.1. The fourth-order valence-electron chi connectivity index (χ4n) is 2.11. The van der Waals surface area contributed by atoms with Crippen LogP contribution >= 0.6 is 15.9 Å². The third-order valence-electron chi connectivity index (χ3n) is 3.26. The summed E-state index contributed by atoms with van der Waals surface area (Å²) in [5.41, 5.74) is 0.377. The first-order chi connectivity index (χ1) is 9.47.